The van der Waals surface area contributed by atoms with Gasteiger partial charge in [-0.25, -0.2) is 9.97 Å². The van der Waals surface area contributed by atoms with Gasteiger partial charge in [0.2, 0.25) is 5.91 Å². The number of piperazine rings is 1. The molecular formula is C36H39N7O5. The van der Waals surface area contributed by atoms with Crippen LogP contribution in [0.15, 0.2) is 60.8 Å². The third-order valence-corrected chi connectivity index (χ3v) is 8.77. The Bertz CT molecular complexity index is 1840. The fraction of sp³-hybridized carbons (Fsp3) is 0.389. The second-order valence-corrected chi connectivity index (χ2v) is 12.2. The standard InChI is InChI=1S/C36H39N7O5/c1-36(23-37)24-48-22-27-7-6-25(18-29(27)36)35(45)39-21-28-19-32-26(20-38-28)8-9-31(40-32)30-4-3-5-33(41-30)42-11-13-43(14-12-42)34(44)10-15-47-17-16-46-2/h3-9,18-20H,10-17,21-22,24H2,1-2H3,(H,39,45)/t36-/m1/s1. The van der Waals surface area contributed by atoms with Crippen molar-refractivity contribution in [2.24, 2.45) is 0 Å². The average Bonchev–Trinajstić information content (AvgIpc) is 3.13. The number of pyridine rings is 3. The van der Waals surface area contributed by atoms with E-state index in [1.165, 1.54) is 0 Å². The van der Waals surface area contributed by atoms with Crippen LogP contribution in [0.1, 0.15) is 40.5 Å². The van der Waals surface area contributed by atoms with Crippen molar-refractivity contribution in [2.45, 2.75) is 31.9 Å². The maximum Gasteiger partial charge on any atom is 0.251 e. The number of ether oxygens (including phenoxy) is 3. The highest BCUT2D eigenvalue weighted by molar-refractivity contribution is 5.94. The van der Waals surface area contributed by atoms with Crippen LogP contribution in [0.4, 0.5) is 5.82 Å². The number of benzene rings is 1. The molecule has 5 heterocycles. The molecule has 2 aliphatic heterocycles. The molecule has 3 aromatic heterocycles. The van der Waals surface area contributed by atoms with Gasteiger partial charge in [-0.15, -0.1) is 0 Å². The van der Waals surface area contributed by atoms with Gasteiger partial charge in [0.15, 0.2) is 0 Å². The molecule has 1 N–H and O–H groups in total. The molecule has 4 aromatic rings. The second kappa shape index (κ2) is 14.9. The zero-order valence-corrected chi connectivity index (χ0v) is 27.3. The number of aromatic nitrogens is 3. The minimum absolute atomic E-state index is 0.0971. The summed E-state index contributed by atoms with van der Waals surface area (Å²) in [5, 5.41) is 13.6. The van der Waals surface area contributed by atoms with E-state index in [1.54, 1.807) is 25.4 Å². The van der Waals surface area contributed by atoms with Crippen molar-refractivity contribution in [2.75, 3.05) is 64.6 Å². The van der Waals surface area contributed by atoms with Gasteiger partial charge in [-0.1, -0.05) is 12.1 Å². The Hall–Kier alpha value is -4.96. The molecule has 12 nitrogen and oxygen atoms in total. The zero-order valence-electron chi connectivity index (χ0n) is 27.3. The number of amides is 2. The van der Waals surface area contributed by atoms with Gasteiger partial charge >= 0.3 is 0 Å². The zero-order chi connectivity index (χ0) is 33.5. The lowest BCUT2D eigenvalue weighted by molar-refractivity contribution is -0.132. The first-order chi connectivity index (χ1) is 23.4. The van der Waals surface area contributed by atoms with Gasteiger partial charge in [-0.2, -0.15) is 5.26 Å². The molecule has 1 aromatic carbocycles. The van der Waals surface area contributed by atoms with Gasteiger partial charge in [-0.05, 0) is 60.5 Å². The van der Waals surface area contributed by atoms with E-state index in [0.717, 1.165) is 39.2 Å². The number of anilines is 1. The Kier molecular flexibility index (Phi) is 10.2. The third-order valence-electron chi connectivity index (χ3n) is 8.77. The summed E-state index contributed by atoms with van der Waals surface area (Å²) in [6.07, 6.45) is 2.11. The fourth-order valence-corrected chi connectivity index (χ4v) is 5.95. The lowest BCUT2D eigenvalue weighted by Crippen LogP contribution is -2.49. The number of fused-ring (bicyclic) bond motifs is 2. The maximum absolute atomic E-state index is 13.1. The fourth-order valence-electron chi connectivity index (χ4n) is 5.95. The van der Waals surface area contributed by atoms with Crippen LogP contribution in [0.25, 0.3) is 22.3 Å². The Labute approximate surface area is 279 Å². The van der Waals surface area contributed by atoms with Gasteiger partial charge < -0.3 is 29.3 Å². The van der Waals surface area contributed by atoms with Crippen LogP contribution in [-0.4, -0.2) is 91.4 Å². The highest BCUT2D eigenvalue weighted by Gasteiger charge is 2.33. The van der Waals surface area contributed by atoms with Crippen molar-refractivity contribution in [3.05, 3.63) is 83.2 Å². The van der Waals surface area contributed by atoms with E-state index in [-0.39, 0.29) is 18.4 Å². The third kappa shape index (κ3) is 7.44. The van der Waals surface area contributed by atoms with E-state index in [4.69, 9.17) is 24.2 Å². The first kappa shape index (κ1) is 33.0. The van der Waals surface area contributed by atoms with Crippen molar-refractivity contribution in [3.8, 4) is 17.5 Å². The molecule has 0 spiro atoms. The van der Waals surface area contributed by atoms with Crippen LogP contribution in [0.5, 0.6) is 0 Å². The molecule has 1 saturated heterocycles. The Morgan fingerprint density at radius 2 is 1.85 bits per heavy atom. The van der Waals surface area contributed by atoms with Crippen LogP contribution < -0.4 is 10.2 Å². The number of nitrogens with zero attached hydrogens (tertiary/aromatic N) is 6. The molecule has 1 fully saturated rings. The molecule has 1 atom stereocenters. The average molecular weight is 650 g/mol. The summed E-state index contributed by atoms with van der Waals surface area (Å²) < 4.78 is 16.0. The first-order valence-electron chi connectivity index (χ1n) is 16.1. The van der Waals surface area contributed by atoms with Gasteiger partial charge in [0.05, 0.1) is 74.7 Å². The van der Waals surface area contributed by atoms with Crippen LogP contribution in [0.2, 0.25) is 0 Å². The van der Waals surface area contributed by atoms with E-state index in [1.807, 2.05) is 54.3 Å². The molecule has 0 bridgehead atoms. The normalized spacial score (nSPS) is 17.5. The van der Waals surface area contributed by atoms with E-state index >= 15 is 0 Å². The maximum atomic E-state index is 13.1. The number of nitrogens with one attached hydrogen (secondary N) is 1. The van der Waals surface area contributed by atoms with E-state index in [2.05, 4.69) is 21.3 Å². The first-order valence-corrected chi connectivity index (χ1v) is 16.1. The molecular weight excluding hydrogens is 610 g/mol. The van der Waals surface area contributed by atoms with E-state index in [0.29, 0.717) is 76.9 Å². The SMILES string of the molecule is COCCOCCC(=O)N1CCN(c2cccc(-c3ccc4cnc(CNC(=O)c5ccc6c(c5)[C@](C)(C#N)COC6)cc4n3)n2)CC1. The molecule has 2 aliphatic rings. The topological polar surface area (TPSA) is 143 Å². The quantitative estimate of drug-likeness (QED) is 0.239. The molecule has 12 heteroatoms. The lowest BCUT2D eigenvalue weighted by atomic mass is 9.79. The monoisotopic (exact) mass is 649 g/mol. The van der Waals surface area contributed by atoms with E-state index in [9.17, 15) is 14.9 Å². The van der Waals surface area contributed by atoms with Crippen molar-refractivity contribution < 1.29 is 23.8 Å². The summed E-state index contributed by atoms with van der Waals surface area (Å²) in [4.78, 5) is 44.1. The lowest BCUT2D eigenvalue weighted by Gasteiger charge is -2.35. The van der Waals surface area contributed by atoms with Crippen LogP contribution in [0, 0.1) is 11.3 Å². The van der Waals surface area contributed by atoms with Gasteiger partial charge in [-0.3, -0.25) is 14.6 Å². The molecule has 248 valence electrons. The number of rotatable bonds is 11. The van der Waals surface area contributed by atoms with Crippen molar-refractivity contribution in [3.63, 3.8) is 0 Å². The Balaban J connectivity index is 1.08. The van der Waals surface area contributed by atoms with Gasteiger partial charge in [0.25, 0.3) is 5.91 Å². The summed E-state index contributed by atoms with van der Waals surface area (Å²) in [6, 6.07) is 19.4. The molecule has 2 amide bonds. The summed E-state index contributed by atoms with van der Waals surface area (Å²) in [5.74, 6) is 0.693. The predicted molar refractivity (Wildman–Crippen MR) is 179 cm³/mol. The molecule has 0 unspecified atom stereocenters. The van der Waals surface area contributed by atoms with Crippen molar-refractivity contribution in [1.29, 1.82) is 5.26 Å². The summed E-state index contributed by atoms with van der Waals surface area (Å²) in [6.45, 7) is 6.81. The number of nitriles is 1. The van der Waals surface area contributed by atoms with Crippen molar-refractivity contribution >= 4 is 28.5 Å². The highest BCUT2D eigenvalue weighted by Crippen LogP contribution is 2.32. The molecule has 48 heavy (non-hydrogen) atoms. The Morgan fingerprint density at radius 3 is 2.67 bits per heavy atom. The summed E-state index contributed by atoms with van der Waals surface area (Å²) in [7, 11) is 1.62. The minimum atomic E-state index is -0.795. The van der Waals surface area contributed by atoms with Gasteiger partial charge in [0.1, 0.15) is 11.2 Å². The Morgan fingerprint density at radius 1 is 1.02 bits per heavy atom. The highest BCUT2D eigenvalue weighted by atomic mass is 16.5. The molecule has 0 saturated carbocycles. The predicted octanol–water partition coefficient (Wildman–Crippen LogP) is 3.63. The number of methoxy groups -OCH3 is 1. The van der Waals surface area contributed by atoms with Crippen LogP contribution >= 0.6 is 0 Å². The minimum Gasteiger partial charge on any atom is -0.382 e. The van der Waals surface area contributed by atoms with Crippen molar-refractivity contribution in [1.82, 2.24) is 25.2 Å². The molecule has 6 rings (SSSR count). The smallest absolute Gasteiger partial charge is 0.251 e. The van der Waals surface area contributed by atoms with Crippen LogP contribution in [0.3, 0.4) is 0 Å². The van der Waals surface area contributed by atoms with Gasteiger partial charge in [0, 0.05) is 50.4 Å². The number of hydrogen-bond acceptors (Lipinski definition) is 10. The number of carbonyl (C=O) groups is 2. The molecule has 0 radical (unpaired) electrons. The number of carbonyl (C=O) groups excluding carboxylic acids is 2. The molecule has 0 aliphatic carbocycles. The summed E-state index contributed by atoms with van der Waals surface area (Å²) >= 11 is 0. The van der Waals surface area contributed by atoms with Crippen LogP contribution in [-0.2, 0) is 37.6 Å². The van der Waals surface area contributed by atoms with E-state index < -0.39 is 5.41 Å². The second-order valence-electron chi connectivity index (χ2n) is 12.2. The largest absolute Gasteiger partial charge is 0.382 e. The summed E-state index contributed by atoms with van der Waals surface area (Å²) in [5.41, 5.74) is 4.33. The number of hydrogen-bond donors (Lipinski definition) is 1.